The third-order valence-electron chi connectivity index (χ3n) is 9.24. The zero-order valence-corrected chi connectivity index (χ0v) is 28.5. The van der Waals surface area contributed by atoms with Gasteiger partial charge in [-0.3, -0.25) is 4.79 Å². The zero-order chi connectivity index (χ0) is 38.6. The van der Waals surface area contributed by atoms with Gasteiger partial charge >= 0.3 is 5.97 Å². The normalized spacial score (nSPS) is 36.2. The van der Waals surface area contributed by atoms with E-state index in [1.165, 1.54) is 43.3 Å². The molecule has 19 nitrogen and oxygen atoms in total. The molecule has 19 heteroatoms. The number of ether oxygens (including phenoxy) is 7. The number of carbonyl (C=O) groups is 1. The van der Waals surface area contributed by atoms with Crippen LogP contribution in [0.25, 0.3) is 0 Å². The first kappa shape index (κ1) is 40.8. The molecule has 3 fully saturated rings. The largest absolute Gasteiger partial charge is 0.504 e. The molecule has 0 aliphatic carbocycles. The number of benzene rings is 2. The monoisotopic (exact) mass is 758 g/mol. The van der Waals surface area contributed by atoms with Crippen molar-refractivity contribution in [2.24, 2.45) is 0 Å². The SMILES string of the molecule is C[C@@H]1O[C@@H](O[C@@H]2[C@@H](O)[C@H](OCCc3ccc(O)c(O)c3)O[C@H](COC(=O)CCc3ccc(O)c(O)c3)[C@H]2O)[C@H](O[C@@H]2OC[C@H](O)[C@H](O)[C@H]2O)[C@H](O)[C@H]1O. The summed E-state index contributed by atoms with van der Waals surface area (Å²) >= 11 is 0. The Kier molecular flexibility index (Phi) is 13.7. The molecule has 3 aliphatic rings. The smallest absolute Gasteiger partial charge is 0.306 e. The van der Waals surface area contributed by atoms with Crippen LogP contribution in [-0.4, -0.2) is 168 Å². The van der Waals surface area contributed by atoms with Crippen molar-refractivity contribution in [3.05, 3.63) is 47.5 Å². The van der Waals surface area contributed by atoms with Crippen LogP contribution in [0.2, 0.25) is 0 Å². The minimum atomic E-state index is -1.80. The number of hydrogen-bond acceptors (Lipinski definition) is 19. The van der Waals surface area contributed by atoms with Gasteiger partial charge in [0.1, 0.15) is 67.6 Å². The number of aryl methyl sites for hydroxylation is 1. The van der Waals surface area contributed by atoms with E-state index < -0.39 is 105 Å². The van der Waals surface area contributed by atoms with Crippen LogP contribution in [0.5, 0.6) is 23.0 Å². The standard InChI is InChI=1S/C34H46O19/c1-14-24(41)27(44)31(53-32-28(45)25(42)21(39)12-49-32)34(50-14)52-30-26(43)22(13-48-23(40)7-4-15-2-5-17(35)19(37)10-15)51-33(29(30)46)47-9-8-16-3-6-18(36)20(38)11-16/h2-3,5-6,10-11,14,21-22,24-39,41-46H,4,7-9,12-13H2,1H3/t14-,21-,22+,24-,25-,26+,27+,28+,29+,30-,31+,32-,33+,34-/m0/s1. The lowest BCUT2D eigenvalue weighted by molar-refractivity contribution is -0.381. The van der Waals surface area contributed by atoms with Crippen LogP contribution in [0, 0.1) is 0 Å². The molecule has 0 aromatic heterocycles. The number of aliphatic hydroxyl groups excluding tert-OH is 7. The van der Waals surface area contributed by atoms with Gasteiger partial charge in [0.15, 0.2) is 41.9 Å². The molecule has 0 unspecified atom stereocenters. The summed E-state index contributed by atoms with van der Waals surface area (Å²) in [6.07, 6.45) is -22.3. The Hall–Kier alpha value is -3.41. The van der Waals surface area contributed by atoms with E-state index in [2.05, 4.69) is 0 Å². The molecule has 5 rings (SSSR count). The highest BCUT2D eigenvalue weighted by Gasteiger charge is 2.53. The Morgan fingerprint density at radius 1 is 0.679 bits per heavy atom. The maximum atomic E-state index is 12.7. The van der Waals surface area contributed by atoms with E-state index in [4.69, 9.17) is 33.2 Å². The van der Waals surface area contributed by atoms with Gasteiger partial charge in [-0.05, 0) is 55.2 Å². The molecule has 2 aromatic rings. The van der Waals surface area contributed by atoms with Gasteiger partial charge in [-0.2, -0.15) is 0 Å². The Morgan fingerprint density at radius 3 is 1.94 bits per heavy atom. The van der Waals surface area contributed by atoms with Crippen LogP contribution >= 0.6 is 0 Å². The molecule has 0 radical (unpaired) electrons. The second-order valence-electron chi connectivity index (χ2n) is 13.1. The number of aromatic hydroxyl groups is 4. The number of rotatable bonds is 13. The second kappa shape index (κ2) is 17.8. The third-order valence-corrected chi connectivity index (χ3v) is 9.24. The van der Waals surface area contributed by atoms with Crippen LogP contribution in [0.15, 0.2) is 36.4 Å². The lowest BCUT2D eigenvalue weighted by Crippen LogP contribution is -2.66. The fourth-order valence-electron chi connectivity index (χ4n) is 6.04. The molecule has 0 spiro atoms. The van der Waals surface area contributed by atoms with Crippen LogP contribution in [0.3, 0.4) is 0 Å². The fourth-order valence-corrected chi connectivity index (χ4v) is 6.04. The van der Waals surface area contributed by atoms with E-state index in [0.29, 0.717) is 11.1 Å². The van der Waals surface area contributed by atoms with Crippen molar-refractivity contribution < 1.29 is 94.1 Å². The van der Waals surface area contributed by atoms with Gasteiger partial charge in [-0.25, -0.2) is 0 Å². The number of carbonyl (C=O) groups excluding carboxylic acids is 1. The Labute approximate surface area is 302 Å². The van der Waals surface area contributed by atoms with Gasteiger partial charge in [-0.1, -0.05) is 12.1 Å². The van der Waals surface area contributed by atoms with E-state index >= 15 is 0 Å². The first-order chi connectivity index (χ1) is 25.1. The summed E-state index contributed by atoms with van der Waals surface area (Å²) < 4.78 is 39.7. The van der Waals surface area contributed by atoms with E-state index in [-0.39, 0.29) is 48.9 Å². The molecule has 0 bridgehead atoms. The Bertz CT molecular complexity index is 1510. The van der Waals surface area contributed by atoms with E-state index in [9.17, 15) is 61.0 Å². The van der Waals surface area contributed by atoms with Crippen LogP contribution in [0.1, 0.15) is 24.5 Å². The molecular weight excluding hydrogens is 712 g/mol. The average molecular weight is 759 g/mol. The van der Waals surface area contributed by atoms with Crippen molar-refractivity contribution in [3.63, 3.8) is 0 Å². The molecule has 3 saturated heterocycles. The summed E-state index contributed by atoms with van der Waals surface area (Å²) in [7, 11) is 0. The lowest BCUT2D eigenvalue weighted by atomic mass is 9.96. The molecule has 0 amide bonds. The highest BCUT2D eigenvalue weighted by molar-refractivity contribution is 5.69. The highest BCUT2D eigenvalue weighted by atomic mass is 16.8. The minimum Gasteiger partial charge on any atom is -0.504 e. The van der Waals surface area contributed by atoms with Crippen molar-refractivity contribution in [1.29, 1.82) is 0 Å². The number of aliphatic hydroxyl groups is 7. The quantitative estimate of drug-likeness (QED) is 0.0735. The second-order valence-corrected chi connectivity index (χ2v) is 13.1. The molecule has 53 heavy (non-hydrogen) atoms. The summed E-state index contributed by atoms with van der Waals surface area (Å²) in [6.45, 7) is 0.261. The van der Waals surface area contributed by atoms with Crippen molar-refractivity contribution in [2.75, 3.05) is 19.8 Å². The average Bonchev–Trinajstić information content (AvgIpc) is 3.12. The molecule has 14 atom stereocenters. The first-order valence-corrected chi connectivity index (χ1v) is 16.9. The van der Waals surface area contributed by atoms with Crippen molar-refractivity contribution in [2.45, 2.75) is 112 Å². The maximum Gasteiger partial charge on any atom is 0.306 e. The number of phenolic OH excluding ortho intramolecular Hbond substituents is 4. The predicted octanol–water partition coefficient (Wildman–Crippen LogP) is -2.63. The van der Waals surface area contributed by atoms with Gasteiger partial charge in [0.05, 0.1) is 19.3 Å². The van der Waals surface area contributed by atoms with Crippen molar-refractivity contribution in [3.8, 4) is 23.0 Å². The number of esters is 1. The minimum absolute atomic E-state index is 0.126. The van der Waals surface area contributed by atoms with Crippen molar-refractivity contribution >= 4 is 5.97 Å². The summed E-state index contributed by atoms with van der Waals surface area (Å²) in [5.41, 5.74) is 1.08. The molecule has 3 heterocycles. The summed E-state index contributed by atoms with van der Waals surface area (Å²) in [5, 5.41) is 113. The third kappa shape index (κ3) is 9.83. The van der Waals surface area contributed by atoms with E-state index in [0.717, 1.165) is 0 Å². The van der Waals surface area contributed by atoms with Crippen LogP contribution in [-0.2, 0) is 50.8 Å². The van der Waals surface area contributed by atoms with Gasteiger partial charge < -0.3 is 89.3 Å². The summed E-state index contributed by atoms with van der Waals surface area (Å²) in [6, 6.07) is 8.18. The zero-order valence-electron chi connectivity index (χ0n) is 28.5. The number of hydrogen-bond donors (Lipinski definition) is 11. The Balaban J connectivity index is 1.30. The summed E-state index contributed by atoms with van der Waals surface area (Å²) in [5.74, 6) is -2.11. The Morgan fingerprint density at radius 2 is 1.30 bits per heavy atom. The molecule has 3 aliphatic heterocycles. The number of phenols is 4. The van der Waals surface area contributed by atoms with Crippen LogP contribution < -0.4 is 0 Å². The summed E-state index contributed by atoms with van der Waals surface area (Å²) in [4.78, 5) is 12.7. The van der Waals surface area contributed by atoms with Gasteiger partial charge in [0.25, 0.3) is 0 Å². The first-order valence-electron chi connectivity index (χ1n) is 16.9. The lowest BCUT2D eigenvalue weighted by Gasteiger charge is -2.47. The van der Waals surface area contributed by atoms with E-state index in [1.54, 1.807) is 0 Å². The topological polar surface area (TPSA) is 304 Å². The van der Waals surface area contributed by atoms with Crippen LogP contribution in [0.4, 0.5) is 0 Å². The molecule has 11 N–H and O–H groups in total. The highest BCUT2D eigenvalue weighted by Crippen LogP contribution is 2.33. The molecular formula is C34H46O19. The van der Waals surface area contributed by atoms with Crippen molar-refractivity contribution in [1.82, 2.24) is 0 Å². The van der Waals surface area contributed by atoms with Gasteiger partial charge in [-0.15, -0.1) is 0 Å². The van der Waals surface area contributed by atoms with Gasteiger partial charge in [0, 0.05) is 6.42 Å². The fraction of sp³-hybridized carbons (Fsp3) is 0.618. The van der Waals surface area contributed by atoms with Gasteiger partial charge in [0.2, 0.25) is 0 Å². The predicted molar refractivity (Wildman–Crippen MR) is 173 cm³/mol. The molecule has 2 aromatic carbocycles. The molecule has 296 valence electrons. The van der Waals surface area contributed by atoms with E-state index in [1.807, 2.05) is 0 Å². The molecule has 0 saturated carbocycles. The maximum absolute atomic E-state index is 12.7.